The number of nitrogens with zero attached hydrogens (tertiary/aromatic N) is 4. The molecule has 0 atom stereocenters. The highest BCUT2D eigenvalue weighted by atomic mass is 19.2. The van der Waals surface area contributed by atoms with Gasteiger partial charge in [-0.15, -0.1) is 10.2 Å². The van der Waals surface area contributed by atoms with Gasteiger partial charge >= 0.3 is 0 Å². The zero-order chi connectivity index (χ0) is 8.48. The lowest BCUT2D eigenvalue weighted by molar-refractivity contribution is 0.255. The lowest BCUT2D eigenvalue weighted by Crippen LogP contribution is -2.10. The second kappa shape index (κ2) is 2.56. The summed E-state index contributed by atoms with van der Waals surface area (Å²) in [5.74, 6) is 0.444. The maximum absolute atomic E-state index is 12.1. The minimum Gasteiger partial charge on any atom is -0.111 e. The Morgan fingerprint density at radius 3 is 2.45 bits per heavy atom. The second-order valence-electron chi connectivity index (χ2n) is 3.68. The minimum atomic E-state index is -0.0128. The topological polar surface area (TPSA) is 43.6 Å². The van der Waals surface area contributed by atoms with Gasteiger partial charge in [-0.3, -0.25) is 0 Å². The largest absolute Gasteiger partial charge is 0.178 e. The zero-order valence-corrected chi connectivity index (χ0v) is 6.87. The number of tetrazole rings is 1. The van der Waals surface area contributed by atoms with Crippen LogP contribution in [0.1, 0.15) is 26.6 Å². The number of hydrogen-bond acceptors (Lipinski definition) is 3. The Balaban J connectivity index is 2.65. The maximum atomic E-state index is 12.1. The van der Waals surface area contributed by atoms with Crippen LogP contribution in [0.2, 0.25) is 0 Å². The van der Waals surface area contributed by atoms with Crippen LogP contribution in [0.5, 0.6) is 0 Å². The van der Waals surface area contributed by atoms with Gasteiger partial charge in [0.05, 0.1) is 0 Å². The minimum absolute atomic E-state index is 0.0128. The van der Waals surface area contributed by atoms with E-state index in [0.29, 0.717) is 12.2 Å². The maximum Gasteiger partial charge on any atom is 0.178 e. The quantitative estimate of drug-likeness (QED) is 0.612. The van der Waals surface area contributed by atoms with Crippen LogP contribution < -0.4 is 0 Å². The molecule has 0 aliphatic rings. The molecule has 0 unspecified atom stereocenters. The van der Waals surface area contributed by atoms with Gasteiger partial charge in [0, 0.05) is 11.4 Å². The second-order valence-corrected chi connectivity index (χ2v) is 3.68. The lowest BCUT2D eigenvalue weighted by atomic mass is 9.92. The van der Waals surface area contributed by atoms with Gasteiger partial charge in [0.15, 0.2) is 5.82 Å². The Bertz CT molecular complexity index is 237. The van der Waals surface area contributed by atoms with Gasteiger partial charge in [-0.25, -0.2) is 0 Å². The first-order chi connectivity index (χ1) is 4.97. The van der Waals surface area contributed by atoms with Gasteiger partial charge in [0.25, 0.3) is 0 Å². The summed E-state index contributed by atoms with van der Waals surface area (Å²) in [6.45, 7) is 6.10. The number of rotatable bonds is 1. The Morgan fingerprint density at radius 1 is 1.45 bits per heavy atom. The highest BCUT2D eigenvalue weighted by Crippen LogP contribution is 2.17. The highest BCUT2D eigenvalue weighted by Gasteiger charge is 2.14. The van der Waals surface area contributed by atoms with Crippen LogP contribution in [0.4, 0.5) is 4.48 Å². The monoisotopic (exact) mass is 158 g/mol. The molecule has 0 N–H and O–H groups in total. The average Bonchev–Trinajstić information content (AvgIpc) is 2.10. The van der Waals surface area contributed by atoms with Gasteiger partial charge in [-0.05, 0) is 10.6 Å². The van der Waals surface area contributed by atoms with Crippen LogP contribution in [0, 0.1) is 5.41 Å². The molecule has 11 heavy (non-hydrogen) atoms. The van der Waals surface area contributed by atoms with E-state index in [9.17, 15) is 4.48 Å². The van der Waals surface area contributed by atoms with Gasteiger partial charge in [0.1, 0.15) is 0 Å². The molecule has 0 saturated heterocycles. The van der Waals surface area contributed by atoms with Gasteiger partial charge in [-0.2, -0.15) is 0 Å². The highest BCUT2D eigenvalue weighted by molar-refractivity contribution is 4.82. The molecule has 1 aromatic heterocycles. The van der Waals surface area contributed by atoms with E-state index in [1.807, 2.05) is 20.8 Å². The third kappa shape index (κ3) is 2.61. The number of halogens is 1. The van der Waals surface area contributed by atoms with Crippen LogP contribution in [-0.4, -0.2) is 20.4 Å². The van der Waals surface area contributed by atoms with Crippen molar-refractivity contribution in [1.29, 1.82) is 0 Å². The molecule has 1 rings (SSSR count). The number of aromatic nitrogens is 4. The Morgan fingerprint density at radius 2 is 2.09 bits per heavy atom. The van der Waals surface area contributed by atoms with Crippen LogP contribution in [0.15, 0.2) is 0 Å². The first kappa shape index (κ1) is 8.10. The molecule has 0 aliphatic carbocycles. The van der Waals surface area contributed by atoms with Crippen LogP contribution >= 0.6 is 0 Å². The summed E-state index contributed by atoms with van der Waals surface area (Å²) in [5, 5.41) is 10.0. The molecular weight excluding hydrogens is 147 g/mol. The van der Waals surface area contributed by atoms with E-state index in [1.165, 1.54) is 0 Å². The van der Waals surface area contributed by atoms with E-state index in [-0.39, 0.29) is 10.4 Å². The van der Waals surface area contributed by atoms with Crippen molar-refractivity contribution in [3.63, 3.8) is 0 Å². The molecular formula is C6H11FN4. The molecule has 0 aromatic carbocycles. The molecule has 5 heteroatoms. The van der Waals surface area contributed by atoms with E-state index in [0.717, 1.165) is 0 Å². The van der Waals surface area contributed by atoms with Crippen molar-refractivity contribution < 1.29 is 4.48 Å². The summed E-state index contributed by atoms with van der Waals surface area (Å²) < 4.78 is 12.1. The lowest BCUT2D eigenvalue weighted by Gasteiger charge is -2.13. The standard InChI is InChI=1S/C6H11FN4/c1-6(2,3)4-5-8-10-11(7)9-5/h4H2,1-3H3. The van der Waals surface area contributed by atoms with Crippen molar-refractivity contribution in [3.8, 4) is 0 Å². The van der Waals surface area contributed by atoms with E-state index < -0.39 is 0 Å². The Labute approximate surface area is 64.3 Å². The summed E-state index contributed by atoms with van der Waals surface area (Å²) in [6.07, 6.45) is 0.636. The molecule has 0 spiro atoms. The molecule has 1 aromatic rings. The van der Waals surface area contributed by atoms with E-state index >= 15 is 0 Å². The van der Waals surface area contributed by atoms with Gasteiger partial charge in [-0.1, -0.05) is 25.3 Å². The van der Waals surface area contributed by atoms with Crippen LogP contribution in [-0.2, 0) is 6.42 Å². The molecule has 0 saturated carbocycles. The zero-order valence-electron chi connectivity index (χ0n) is 6.87. The van der Waals surface area contributed by atoms with E-state index in [4.69, 9.17) is 0 Å². The first-order valence-corrected chi connectivity index (χ1v) is 3.42. The smallest absolute Gasteiger partial charge is 0.111 e. The van der Waals surface area contributed by atoms with Crippen molar-refractivity contribution in [2.45, 2.75) is 27.2 Å². The summed E-state index contributed by atoms with van der Waals surface area (Å²) >= 11 is 0. The number of hydrogen-bond donors (Lipinski definition) is 0. The SMILES string of the molecule is CC(C)(C)Cc1nnn(F)n1. The summed E-state index contributed by atoms with van der Waals surface area (Å²) in [5.41, 5.74) is 0.0725. The molecule has 0 aliphatic heterocycles. The van der Waals surface area contributed by atoms with Crippen molar-refractivity contribution in [2.24, 2.45) is 5.41 Å². The third-order valence-electron chi connectivity index (χ3n) is 1.12. The summed E-state index contributed by atoms with van der Waals surface area (Å²) in [6, 6.07) is 0. The van der Waals surface area contributed by atoms with Crippen molar-refractivity contribution in [1.82, 2.24) is 20.4 Å². The van der Waals surface area contributed by atoms with Crippen molar-refractivity contribution >= 4 is 0 Å². The van der Waals surface area contributed by atoms with Crippen molar-refractivity contribution in [2.75, 3.05) is 0 Å². The molecule has 0 bridgehead atoms. The normalized spacial score (nSPS) is 12.0. The third-order valence-corrected chi connectivity index (χ3v) is 1.12. The predicted molar refractivity (Wildman–Crippen MR) is 37.5 cm³/mol. The fourth-order valence-electron chi connectivity index (χ4n) is 0.769. The molecule has 62 valence electrons. The van der Waals surface area contributed by atoms with Crippen molar-refractivity contribution in [3.05, 3.63) is 5.82 Å². The summed E-state index contributed by atoms with van der Waals surface area (Å²) in [7, 11) is 0. The van der Waals surface area contributed by atoms with Gasteiger partial charge < -0.3 is 0 Å². The fourth-order valence-corrected chi connectivity index (χ4v) is 0.769. The van der Waals surface area contributed by atoms with E-state index in [2.05, 4.69) is 15.4 Å². The first-order valence-electron chi connectivity index (χ1n) is 3.42. The summed E-state index contributed by atoms with van der Waals surface area (Å²) in [4.78, 5) is 0. The molecule has 1 heterocycles. The molecule has 0 radical (unpaired) electrons. The molecule has 0 amide bonds. The average molecular weight is 158 g/mol. The predicted octanol–water partition coefficient (Wildman–Crippen LogP) is 0.994. The van der Waals surface area contributed by atoms with E-state index in [1.54, 1.807) is 0 Å². The van der Waals surface area contributed by atoms with Gasteiger partial charge in [0.2, 0.25) is 0 Å². The Hall–Kier alpha value is -1.00. The Kier molecular flexibility index (Phi) is 1.89. The fraction of sp³-hybridized carbons (Fsp3) is 0.833. The van der Waals surface area contributed by atoms with Crippen LogP contribution in [0.3, 0.4) is 0 Å². The van der Waals surface area contributed by atoms with Crippen LogP contribution in [0.25, 0.3) is 0 Å². The molecule has 4 nitrogen and oxygen atoms in total. The molecule has 0 fully saturated rings.